The number of hydrogen-bond donors (Lipinski definition) is 1. The van der Waals surface area contributed by atoms with Gasteiger partial charge < -0.3 is 9.88 Å². The Hall–Kier alpha value is -1.84. The van der Waals surface area contributed by atoms with Crippen LogP contribution in [-0.2, 0) is 6.54 Å². The summed E-state index contributed by atoms with van der Waals surface area (Å²) in [4.78, 5) is 4.39. The van der Waals surface area contributed by atoms with Gasteiger partial charge in [0, 0.05) is 12.7 Å². The molecule has 2 aromatic rings. The highest BCUT2D eigenvalue weighted by atomic mass is 19.1. The summed E-state index contributed by atoms with van der Waals surface area (Å²) in [5, 5.41) is 3.04. The topological polar surface area (TPSA) is 29.9 Å². The van der Waals surface area contributed by atoms with E-state index in [2.05, 4.69) is 24.1 Å². The first-order valence-corrected chi connectivity index (χ1v) is 6.11. The maximum absolute atomic E-state index is 13.6. The standard InChI is InChI=1S/C14H18FN3/c1-10(2)8-18-9-11(3)16-14(18)17-13-7-5-4-6-12(13)15/h4-7,9-10H,8H2,1-3H3,(H,16,17). The molecule has 0 saturated carbocycles. The van der Waals surface area contributed by atoms with Crippen LogP contribution in [0.4, 0.5) is 16.0 Å². The van der Waals surface area contributed by atoms with E-state index in [1.165, 1.54) is 6.07 Å². The highest BCUT2D eigenvalue weighted by molar-refractivity contribution is 5.54. The first kappa shape index (κ1) is 12.6. The fourth-order valence-corrected chi connectivity index (χ4v) is 1.86. The van der Waals surface area contributed by atoms with Gasteiger partial charge in [0.1, 0.15) is 5.82 Å². The predicted octanol–water partition coefficient (Wildman–Crippen LogP) is 3.73. The second-order valence-electron chi connectivity index (χ2n) is 4.86. The second kappa shape index (κ2) is 5.21. The van der Waals surface area contributed by atoms with Gasteiger partial charge in [0.2, 0.25) is 5.95 Å². The number of anilines is 2. The molecule has 1 heterocycles. The molecule has 0 radical (unpaired) electrons. The Morgan fingerprint density at radius 2 is 2.06 bits per heavy atom. The second-order valence-corrected chi connectivity index (χ2v) is 4.86. The van der Waals surface area contributed by atoms with E-state index in [4.69, 9.17) is 0 Å². The van der Waals surface area contributed by atoms with Gasteiger partial charge in [-0.2, -0.15) is 0 Å². The van der Waals surface area contributed by atoms with Crippen LogP contribution in [0.25, 0.3) is 0 Å². The van der Waals surface area contributed by atoms with Crippen molar-refractivity contribution in [3.8, 4) is 0 Å². The van der Waals surface area contributed by atoms with Crippen molar-refractivity contribution in [3.05, 3.63) is 42.0 Å². The van der Waals surface area contributed by atoms with Crippen molar-refractivity contribution in [1.82, 2.24) is 9.55 Å². The summed E-state index contributed by atoms with van der Waals surface area (Å²) >= 11 is 0. The molecule has 96 valence electrons. The summed E-state index contributed by atoms with van der Waals surface area (Å²) < 4.78 is 15.6. The molecule has 18 heavy (non-hydrogen) atoms. The Morgan fingerprint density at radius 1 is 1.33 bits per heavy atom. The molecule has 0 fully saturated rings. The first-order valence-electron chi connectivity index (χ1n) is 6.11. The molecule has 0 aliphatic carbocycles. The van der Waals surface area contributed by atoms with Crippen molar-refractivity contribution in [2.75, 3.05) is 5.32 Å². The molecule has 0 unspecified atom stereocenters. The molecule has 0 spiro atoms. The molecular formula is C14H18FN3. The lowest BCUT2D eigenvalue weighted by molar-refractivity contribution is 0.527. The van der Waals surface area contributed by atoms with Gasteiger partial charge in [0.05, 0.1) is 11.4 Å². The minimum Gasteiger partial charge on any atom is -0.323 e. The number of nitrogens with zero attached hydrogens (tertiary/aromatic N) is 2. The highest BCUT2D eigenvalue weighted by Gasteiger charge is 2.09. The van der Waals surface area contributed by atoms with E-state index in [0.717, 1.165) is 12.2 Å². The summed E-state index contributed by atoms with van der Waals surface area (Å²) in [6, 6.07) is 6.62. The summed E-state index contributed by atoms with van der Waals surface area (Å²) in [5.74, 6) is 0.931. The normalized spacial score (nSPS) is 10.9. The minimum atomic E-state index is -0.269. The zero-order chi connectivity index (χ0) is 13.1. The molecule has 1 aromatic carbocycles. The average molecular weight is 247 g/mol. The largest absolute Gasteiger partial charge is 0.323 e. The van der Waals surface area contributed by atoms with Gasteiger partial charge in [0.25, 0.3) is 0 Å². The van der Waals surface area contributed by atoms with Crippen molar-refractivity contribution < 1.29 is 4.39 Å². The number of imidazole rings is 1. The third-order valence-corrected chi connectivity index (χ3v) is 2.58. The summed E-state index contributed by atoms with van der Waals surface area (Å²) in [6.07, 6.45) is 1.98. The Morgan fingerprint density at radius 3 is 2.72 bits per heavy atom. The van der Waals surface area contributed by atoms with E-state index in [1.54, 1.807) is 18.2 Å². The van der Waals surface area contributed by atoms with Gasteiger partial charge in [-0.15, -0.1) is 0 Å². The van der Waals surface area contributed by atoms with E-state index in [0.29, 0.717) is 17.6 Å². The van der Waals surface area contributed by atoms with Crippen molar-refractivity contribution >= 4 is 11.6 Å². The van der Waals surface area contributed by atoms with Crippen molar-refractivity contribution in [1.29, 1.82) is 0 Å². The maximum atomic E-state index is 13.6. The van der Waals surface area contributed by atoms with Crippen molar-refractivity contribution in [2.24, 2.45) is 5.92 Å². The van der Waals surface area contributed by atoms with Gasteiger partial charge in [-0.3, -0.25) is 0 Å². The van der Waals surface area contributed by atoms with Gasteiger partial charge in [-0.1, -0.05) is 26.0 Å². The van der Waals surface area contributed by atoms with Gasteiger partial charge in [-0.25, -0.2) is 9.37 Å². The van der Waals surface area contributed by atoms with Crippen LogP contribution in [0, 0.1) is 18.7 Å². The van der Waals surface area contributed by atoms with E-state index >= 15 is 0 Å². The zero-order valence-electron chi connectivity index (χ0n) is 10.9. The molecule has 0 amide bonds. The average Bonchev–Trinajstić information content (AvgIpc) is 2.61. The number of aromatic nitrogens is 2. The molecule has 0 atom stereocenters. The first-order chi connectivity index (χ1) is 8.56. The summed E-state index contributed by atoms with van der Waals surface area (Å²) in [7, 11) is 0. The Kier molecular flexibility index (Phi) is 3.65. The van der Waals surface area contributed by atoms with Gasteiger partial charge in [-0.05, 0) is 25.0 Å². The fourth-order valence-electron chi connectivity index (χ4n) is 1.86. The van der Waals surface area contributed by atoms with Gasteiger partial charge >= 0.3 is 0 Å². The molecule has 0 saturated heterocycles. The van der Waals surface area contributed by atoms with Crippen LogP contribution in [0.3, 0.4) is 0 Å². The SMILES string of the molecule is Cc1cn(CC(C)C)c(Nc2ccccc2F)n1. The third-order valence-electron chi connectivity index (χ3n) is 2.58. The lowest BCUT2D eigenvalue weighted by Gasteiger charge is -2.12. The van der Waals surface area contributed by atoms with Crippen molar-refractivity contribution in [2.45, 2.75) is 27.3 Å². The minimum absolute atomic E-state index is 0.269. The number of nitrogens with one attached hydrogen (secondary N) is 1. The van der Waals surface area contributed by atoms with Crippen LogP contribution in [0.1, 0.15) is 19.5 Å². The quantitative estimate of drug-likeness (QED) is 0.892. The zero-order valence-corrected chi connectivity index (χ0v) is 10.9. The molecule has 2 rings (SSSR count). The smallest absolute Gasteiger partial charge is 0.207 e. The molecule has 0 aliphatic rings. The number of aryl methyl sites for hydroxylation is 1. The van der Waals surface area contributed by atoms with E-state index in [-0.39, 0.29) is 5.82 Å². The molecule has 1 N–H and O–H groups in total. The molecule has 0 bridgehead atoms. The molecule has 0 aliphatic heterocycles. The molecule has 4 heteroatoms. The Labute approximate surface area is 107 Å². The van der Waals surface area contributed by atoms with Crippen molar-refractivity contribution in [3.63, 3.8) is 0 Å². The fraction of sp³-hybridized carbons (Fsp3) is 0.357. The Bertz CT molecular complexity index is 532. The molecule has 1 aromatic heterocycles. The van der Waals surface area contributed by atoms with E-state index in [1.807, 2.05) is 17.7 Å². The number of benzene rings is 1. The van der Waals surface area contributed by atoms with Crippen LogP contribution in [-0.4, -0.2) is 9.55 Å². The summed E-state index contributed by atoms with van der Waals surface area (Å²) in [6.45, 7) is 7.07. The molecular weight excluding hydrogens is 229 g/mol. The number of halogens is 1. The Balaban J connectivity index is 2.26. The van der Waals surface area contributed by atoms with Gasteiger partial charge in [0.15, 0.2) is 0 Å². The number of para-hydroxylation sites is 1. The number of rotatable bonds is 4. The predicted molar refractivity (Wildman–Crippen MR) is 71.5 cm³/mol. The van der Waals surface area contributed by atoms with Crippen LogP contribution >= 0.6 is 0 Å². The van der Waals surface area contributed by atoms with E-state index in [9.17, 15) is 4.39 Å². The lowest BCUT2D eigenvalue weighted by Crippen LogP contribution is -2.08. The van der Waals surface area contributed by atoms with Crippen LogP contribution < -0.4 is 5.32 Å². The third kappa shape index (κ3) is 2.88. The number of hydrogen-bond acceptors (Lipinski definition) is 2. The van der Waals surface area contributed by atoms with E-state index < -0.39 is 0 Å². The van der Waals surface area contributed by atoms with Crippen LogP contribution in [0.15, 0.2) is 30.5 Å². The summed E-state index contributed by atoms with van der Waals surface area (Å²) in [5.41, 5.74) is 1.38. The monoisotopic (exact) mass is 247 g/mol. The molecule has 3 nitrogen and oxygen atoms in total. The van der Waals surface area contributed by atoms with Crippen LogP contribution in [0.2, 0.25) is 0 Å². The highest BCUT2D eigenvalue weighted by Crippen LogP contribution is 2.20. The lowest BCUT2D eigenvalue weighted by atomic mass is 10.2. The van der Waals surface area contributed by atoms with Crippen LogP contribution in [0.5, 0.6) is 0 Å². The maximum Gasteiger partial charge on any atom is 0.207 e.